The van der Waals surface area contributed by atoms with E-state index >= 15 is 0 Å². The second-order valence-electron chi connectivity index (χ2n) is 8.68. The molecule has 4 aromatic rings. The average Bonchev–Trinajstić information content (AvgIpc) is 3.18. The van der Waals surface area contributed by atoms with Gasteiger partial charge in [-0.05, 0) is 61.7 Å². The van der Waals surface area contributed by atoms with E-state index in [0.717, 1.165) is 11.1 Å². The molecular formula is C27H23NO6S. The van der Waals surface area contributed by atoms with Crippen LogP contribution in [0.4, 0.5) is 5.69 Å². The van der Waals surface area contributed by atoms with Gasteiger partial charge in [-0.25, -0.2) is 18.0 Å². The van der Waals surface area contributed by atoms with Gasteiger partial charge in [0.1, 0.15) is 12.2 Å². The first kappa shape index (κ1) is 22.9. The van der Waals surface area contributed by atoms with E-state index in [1.807, 2.05) is 38.1 Å². The number of nitrogens with zero attached hydrogens (tertiary/aromatic N) is 1. The first-order chi connectivity index (χ1) is 16.7. The molecule has 0 saturated heterocycles. The summed E-state index contributed by atoms with van der Waals surface area (Å²) in [7, 11) is -3.89. The summed E-state index contributed by atoms with van der Waals surface area (Å²) in [5.74, 6) is -0.689. The van der Waals surface area contributed by atoms with Crippen molar-refractivity contribution in [3.05, 3.63) is 105 Å². The number of fused-ring (bicyclic) bond motifs is 2. The number of ether oxygens (including phenoxy) is 1. The lowest BCUT2D eigenvalue weighted by Gasteiger charge is -2.24. The molecule has 0 fully saturated rings. The van der Waals surface area contributed by atoms with Crippen molar-refractivity contribution in [3.63, 3.8) is 0 Å². The molecule has 0 spiro atoms. The van der Waals surface area contributed by atoms with Gasteiger partial charge in [0.05, 0.1) is 16.1 Å². The lowest BCUT2D eigenvalue weighted by atomic mass is 10.1. The summed E-state index contributed by atoms with van der Waals surface area (Å²) in [6.45, 7) is 3.59. The number of rotatable bonds is 5. The van der Waals surface area contributed by atoms with Gasteiger partial charge in [-0.15, -0.1) is 0 Å². The summed E-state index contributed by atoms with van der Waals surface area (Å²) in [6.07, 6.45) is 0.621. The number of carbonyl (C=O) groups is 1. The number of hydrogen-bond donors (Lipinski definition) is 0. The second kappa shape index (κ2) is 8.70. The topological polar surface area (TPSA) is 93.9 Å². The molecule has 2 heterocycles. The van der Waals surface area contributed by atoms with Crippen LogP contribution in [0.3, 0.4) is 0 Å². The van der Waals surface area contributed by atoms with E-state index in [2.05, 4.69) is 0 Å². The molecule has 1 aliphatic heterocycles. The SMILES string of the molecule is Cc1ccc2c(COC(=O)c3cccc(S(=O)(=O)N4c5ccccc5CC4C)c3)cc(=O)oc2c1. The highest BCUT2D eigenvalue weighted by Gasteiger charge is 2.36. The summed E-state index contributed by atoms with van der Waals surface area (Å²) >= 11 is 0. The summed E-state index contributed by atoms with van der Waals surface area (Å²) in [5.41, 5.74) is 3.04. The molecule has 7 nitrogen and oxygen atoms in total. The first-order valence-corrected chi connectivity index (χ1v) is 12.6. The highest BCUT2D eigenvalue weighted by Crippen LogP contribution is 2.36. The van der Waals surface area contributed by atoms with Gasteiger partial charge in [-0.1, -0.05) is 36.4 Å². The van der Waals surface area contributed by atoms with Crippen molar-refractivity contribution >= 4 is 32.6 Å². The van der Waals surface area contributed by atoms with Crippen LogP contribution >= 0.6 is 0 Å². The summed E-state index contributed by atoms with van der Waals surface area (Å²) in [4.78, 5) is 24.8. The number of hydrogen-bond acceptors (Lipinski definition) is 6. The van der Waals surface area contributed by atoms with Crippen molar-refractivity contribution in [2.75, 3.05) is 4.31 Å². The van der Waals surface area contributed by atoms with E-state index in [4.69, 9.17) is 9.15 Å². The third-order valence-corrected chi connectivity index (χ3v) is 8.04. The Morgan fingerprint density at radius 1 is 1.06 bits per heavy atom. The van der Waals surface area contributed by atoms with Gasteiger partial charge in [0.15, 0.2) is 0 Å². The predicted octanol–water partition coefficient (Wildman–Crippen LogP) is 4.60. The highest BCUT2D eigenvalue weighted by molar-refractivity contribution is 7.92. The molecule has 0 N–H and O–H groups in total. The quantitative estimate of drug-likeness (QED) is 0.300. The van der Waals surface area contributed by atoms with E-state index in [1.165, 1.54) is 34.6 Å². The average molecular weight is 490 g/mol. The summed E-state index contributed by atoms with van der Waals surface area (Å²) in [6, 6.07) is 19.7. The molecule has 35 heavy (non-hydrogen) atoms. The zero-order chi connectivity index (χ0) is 24.7. The molecule has 0 aliphatic carbocycles. The molecule has 0 amide bonds. The van der Waals surface area contributed by atoms with Crippen LogP contribution in [-0.4, -0.2) is 20.4 Å². The lowest BCUT2D eigenvalue weighted by Crippen LogP contribution is -2.35. The molecule has 178 valence electrons. The van der Waals surface area contributed by atoms with Crippen LogP contribution in [-0.2, 0) is 27.8 Å². The van der Waals surface area contributed by atoms with Crippen molar-refractivity contribution in [2.24, 2.45) is 0 Å². The van der Waals surface area contributed by atoms with E-state index in [-0.39, 0.29) is 23.1 Å². The van der Waals surface area contributed by atoms with Crippen molar-refractivity contribution in [2.45, 2.75) is 37.8 Å². The fourth-order valence-corrected chi connectivity index (χ4v) is 6.22. The van der Waals surface area contributed by atoms with Crippen LogP contribution in [0.15, 0.2) is 86.9 Å². The van der Waals surface area contributed by atoms with Gasteiger partial charge < -0.3 is 9.15 Å². The standard InChI is InChI=1S/C27H23NO6S/c1-17-10-11-23-21(15-26(29)34-25(23)12-17)16-33-27(30)20-7-5-8-22(14-20)35(31,32)28-18(2)13-19-6-3-4-9-24(19)28/h3-12,14-15,18H,13,16H2,1-2H3. The predicted molar refractivity (Wildman–Crippen MR) is 132 cm³/mol. The fraction of sp³-hybridized carbons (Fsp3) is 0.185. The molecule has 1 aromatic heterocycles. The molecule has 1 atom stereocenters. The lowest BCUT2D eigenvalue weighted by molar-refractivity contribution is 0.0473. The number of carbonyl (C=O) groups excluding carboxylic acids is 1. The van der Waals surface area contributed by atoms with E-state index in [9.17, 15) is 18.0 Å². The number of para-hydroxylation sites is 1. The van der Waals surface area contributed by atoms with Crippen LogP contribution in [0.2, 0.25) is 0 Å². The molecule has 1 unspecified atom stereocenters. The summed E-state index contributed by atoms with van der Waals surface area (Å²) in [5, 5.41) is 0.668. The van der Waals surface area contributed by atoms with E-state index in [0.29, 0.717) is 28.6 Å². The van der Waals surface area contributed by atoms with Gasteiger partial charge >= 0.3 is 11.6 Å². The molecule has 0 bridgehead atoms. The molecular weight excluding hydrogens is 466 g/mol. The number of anilines is 1. The number of sulfonamides is 1. The molecule has 5 rings (SSSR count). The maximum absolute atomic E-state index is 13.5. The molecule has 0 radical (unpaired) electrons. The minimum absolute atomic E-state index is 0.0109. The zero-order valence-electron chi connectivity index (χ0n) is 19.2. The number of esters is 1. The first-order valence-electron chi connectivity index (χ1n) is 11.2. The Morgan fingerprint density at radius 3 is 2.69 bits per heavy atom. The van der Waals surface area contributed by atoms with Crippen LogP contribution in [0, 0.1) is 6.92 Å². The smallest absolute Gasteiger partial charge is 0.338 e. The largest absolute Gasteiger partial charge is 0.457 e. The van der Waals surface area contributed by atoms with Crippen molar-refractivity contribution in [1.29, 1.82) is 0 Å². The van der Waals surface area contributed by atoms with Crippen LogP contribution in [0.1, 0.15) is 34.0 Å². The Kier molecular flexibility index (Phi) is 5.68. The summed E-state index contributed by atoms with van der Waals surface area (Å²) < 4.78 is 39.1. The Balaban J connectivity index is 1.40. The van der Waals surface area contributed by atoms with Crippen molar-refractivity contribution in [3.8, 4) is 0 Å². The normalized spacial score (nSPS) is 15.3. The van der Waals surface area contributed by atoms with Crippen LogP contribution in [0.25, 0.3) is 11.0 Å². The second-order valence-corrected chi connectivity index (χ2v) is 10.5. The minimum Gasteiger partial charge on any atom is -0.457 e. The van der Waals surface area contributed by atoms with Crippen molar-refractivity contribution < 1.29 is 22.4 Å². The van der Waals surface area contributed by atoms with Gasteiger partial charge in [-0.2, -0.15) is 0 Å². The van der Waals surface area contributed by atoms with Crippen LogP contribution in [0.5, 0.6) is 0 Å². The van der Waals surface area contributed by atoms with Crippen molar-refractivity contribution in [1.82, 2.24) is 0 Å². The monoisotopic (exact) mass is 489 g/mol. The van der Waals surface area contributed by atoms with Gasteiger partial charge in [0.25, 0.3) is 10.0 Å². The maximum atomic E-state index is 13.5. The fourth-order valence-electron chi connectivity index (χ4n) is 4.48. The molecule has 0 saturated carbocycles. The molecule has 3 aromatic carbocycles. The third-order valence-electron chi connectivity index (χ3n) is 6.12. The molecule has 8 heteroatoms. The van der Waals surface area contributed by atoms with Gasteiger partial charge in [0.2, 0.25) is 0 Å². The Bertz CT molecular complexity index is 1620. The Labute approximate surface area is 202 Å². The Hall–Kier alpha value is -3.91. The number of benzene rings is 3. The zero-order valence-corrected chi connectivity index (χ0v) is 20.0. The number of aryl methyl sites for hydroxylation is 1. The van der Waals surface area contributed by atoms with Gasteiger partial charge in [-0.3, -0.25) is 4.31 Å². The van der Waals surface area contributed by atoms with Gasteiger partial charge in [0, 0.05) is 23.1 Å². The minimum atomic E-state index is -3.89. The van der Waals surface area contributed by atoms with Crippen LogP contribution < -0.4 is 9.93 Å². The third kappa shape index (κ3) is 4.21. The Morgan fingerprint density at radius 2 is 1.86 bits per heavy atom. The maximum Gasteiger partial charge on any atom is 0.338 e. The van der Waals surface area contributed by atoms with E-state index in [1.54, 1.807) is 18.2 Å². The highest BCUT2D eigenvalue weighted by atomic mass is 32.2. The van der Waals surface area contributed by atoms with E-state index < -0.39 is 21.6 Å². The molecule has 1 aliphatic rings.